The molecule has 4 N–H and O–H groups in total. The van der Waals surface area contributed by atoms with Crippen LogP contribution in [0.3, 0.4) is 0 Å². The minimum Gasteiger partial charge on any atom is -0.444 e. The number of carbonyl (C=O) groups is 1. The predicted octanol–water partition coefficient (Wildman–Crippen LogP) is 4.63. The third-order valence-corrected chi connectivity index (χ3v) is 7.79. The smallest absolute Gasteiger partial charge is 0.410 e. The zero-order valence-electron chi connectivity index (χ0n) is 24.4. The molecule has 1 fully saturated rings. The van der Waals surface area contributed by atoms with E-state index in [0.29, 0.717) is 42.9 Å². The molecule has 0 aliphatic carbocycles. The lowest BCUT2D eigenvalue weighted by atomic mass is 9.61. The summed E-state index contributed by atoms with van der Waals surface area (Å²) in [5, 5.41) is 27.7. The van der Waals surface area contributed by atoms with Crippen LogP contribution in [-0.2, 0) is 16.8 Å². The molecule has 4 rings (SSSR count). The van der Waals surface area contributed by atoms with Crippen LogP contribution in [0.4, 0.5) is 4.79 Å². The molecular weight excluding hydrogens is 506 g/mol. The van der Waals surface area contributed by atoms with Gasteiger partial charge in [0, 0.05) is 29.8 Å². The van der Waals surface area contributed by atoms with Crippen molar-refractivity contribution in [3.8, 4) is 23.8 Å². The molecule has 2 aromatic rings. The first-order valence-electron chi connectivity index (χ1n) is 13.6. The Morgan fingerprint density at radius 2 is 1.98 bits per heavy atom. The second kappa shape index (κ2) is 10.6. The molecule has 0 spiro atoms. The molecule has 1 aromatic heterocycles. The van der Waals surface area contributed by atoms with Crippen molar-refractivity contribution in [2.24, 2.45) is 17.1 Å². The number of nitrogens with two attached hydrogens (primary N) is 1. The van der Waals surface area contributed by atoms with E-state index in [-0.39, 0.29) is 29.9 Å². The average Bonchev–Trinajstić information content (AvgIpc) is 3.25. The van der Waals surface area contributed by atoms with Gasteiger partial charge in [-0.1, -0.05) is 31.8 Å². The number of likely N-dealkylation sites (tertiary alicyclic amines) is 1. The predicted molar refractivity (Wildman–Crippen MR) is 151 cm³/mol. The van der Waals surface area contributed by atoms with Crippen LogP contribution in [-0.4, -0.2) is 45.0 Å². The molecule has 0 saturated carbocycles. The number of carbonyl (C=O) groups excluding carboxylic acids is 1. The van der Waals surface area contributed by atoms with Crippen molar-refractivity contribution in [2.75, 3.05) is 13.1 Å². The quantitative estimate of drug-likeness (QED) is 0.478. The molecule has 40 heavy (non-hydrogen) atoms. The van der Waals surface area contributed by atoms with E-state index < -0.39 is 11.0 Å². The number of aryl methyl sites for hydroxylation is 1. The standard InChI is InChI=1S/C31H39N5O4/c1-19(2)31(24(17-32)26(33)39-27-25(31)20(3)34-35-27)23-15-21(14-22(16-23)18-37)8-9-30(7)10-12-36(13-11-30)28(38)40-29(4,5)6/h14-16,19,37H,10-13,18,33H2,1-7H3,(H,34,35). The lowest BCUT2D eigenvalue weighted by molar-refractivity contribution is 0.0160. The molecule has 0 bridgehead atoms. The number of fused-ring (bicyclic) bond motifs is 1. The molecule has 3 heterocycles. The van der Waals surface area contributed by atoms with Gasteiger partial charge >= 0.3 is 6.09 Å². The summed E-state index contributed by atoms with van der Waals surface area (Å²) in [5.74, 6) is 7.04. The Morgan fingerprint density at radius 1 is 1.30 bits per heavy atom. The van der Waals surface area contributed by atoms with Gasteiger partial charge in [0.1, 0.15) is 17.2 Å². The van der Waals surface area contributed by atoms with E-state index in [4.69, 9.17) is 15.2 Å². The monoisotopic (exact) mass is 545 g/mol. The first-order valence-corrected chi connectivity index (χ1v) is 13.6. The fourth-order valence-electron chi connectivity index (χ4n) is 5.70. The highest BCUT2D eigenvalue weighted by molar-refractivity contribution is 5.68. The zero-order valence-corrected chi connectivity index (χ0v) is 24.4. The summed E-state index contributed by atoms with van der Waals surface area (Å²) in [6.07, 6.45) is 1.14. The largest absolute Gasteiger partial charge is 0.444 e. The number of nitrogens with one attached hydrogen (secondary N) is 1. The third-order valence-electron chi connectivity index (χ3n) is 7.79. The Kier molecular flexibility index (Phi) is 7.66. The number of ether oxygens (including phenoxy) is 2. The lowest BCUT2D eigenvalue weighted by Gasteiger charge is -2.41. The number of rotatable bonds is 3. The van der Waals surface area contributed by atoms with Crippen molar-refractivity contribution in [3.05, 3.63) is 57.6 Å². The third kappa shape index (κ3) is 5.26. The number of piperidine rings is 1. The number of nitriles is 1. The second-order valence-electron chi connectivity index (χ2n) is 12.3. The highest BCUT2D eigenvalue weighted by Crippen LogP contribution is 2.52. The molecule has 212 valence electrons. The maximum absolute atomic E-state index is 12.5. The lowest BCUT2D eigenvalue weighted by Crippen LogP contribution is -2.44. The van der Waals surface area contributed by atoms with Gasteiger partial charge in [0.05, 0.1) is 17.6 Å². The Morgan fingerprint density at radius 3 is 2.55 bits per heavy atom. The number of aromatic nitrogens is 2. The number of nitrogens with zero attached hydrogens (tertiary/aromatic N) is 3. The van der Waals surface area contributed by atoms with Crippen LogP contribution < -0.4 is 10.5 Å². The fourth-order valence-corrected chi connectivity index (χ4v) is 5.70. The summed E-state index contributed by atoms with van der Waals surface area (Å²) in [5.41, 5.74) is 8.52. The van der Waals surface area contributed by atoms with Gasteiger partial charge in [-0.25, -0.2) is 4.79 Å². The fraction of sp³-hybridized carbons (Fsp3) is 0.516. The van der Waals surface area contributed by atoms with Gasteiger partial charge in [-0.3, -0.25) is 5.10 Å². The Labute approximate surface area is 236 Å². The normalized spacial score (nSPS) is 20.2. The first kappa shape index (κ1) is 29.0. The van der Waals surface area contributed by atoms with Gasteiger partial charge in [0.15, 0.2) is 0 Å². The highest BCUT2D eigenvalue weighted by atomic mass is 16.6. The molecule has 1 saturated heterocycles. The van der Waals surface area contributed by atoms with Crippen molar-refractivity contribution >= 4 is 6.09 Å². The maximum Gasteiger partial charge on any atom is 0.410 e. The van der Waals surface area contributed by atoms with E-state index >= 15 is 0 Å². The van der Waals surface area contributed by atoms with Crippen molar-refractivity contribution < 1.29 is 19.4 Å². The molecule has 1 unspecified atom stereocenters. The number of H-pyrrole nitrogens is 1. The number of aliphatic hydroxyl groups excluding tert-OH is 1. The summed E-state index contributed by atoms with van der Waals surface area (Å²) >= 11 is 0. The number of benzene rings is 1. The molecule has 0 radical (unpaired) electrons. The summed E-state index contributed by atoms with van der Waals surface area (Å²) in [7, 11) is 0. The van der Waals surface area contributed by atoms with Gasteiger partial charge < -0.3 is 25.2 Å². The Hall–Kier alpha value is -3.95. The molecule has 1 amide bonds. The van der Waals surface area contributed by atoms with E-state index in [1.807, 2.05) is 59.7 Å². The van der Waals surface area contributed by atoms with Gasteiger partial charge in [-0.15, -0.1) is 5.10 Å². The van der Waals surface area contributed by atoms with Crippen LogP contribution in [0.2, 0.25) is 0 Å². The minimum absolute atomic E-state index is 0.0153. The van der Waals surface area contributed by atoms with Crippen LogP contribution in [0.5, 0.6) is 5.88 Å². The van der Waals surface area contributed by atoms with E-state index in [2.05, 4.69) is 35.0 Å². The van der Waals surface area contributed by atoms with Crippen molar-refractivity contribution in [1.29, 1.82) is 5.26 Å². The van der Waals surface area contributed by atoms with Crippen molar-refractivity contribution in [2.45, 2.75) is 78.9 Å². The molecule has 9 heteroatoms. The summed E-state index contributed by atoms with van der Waals surface area (Å²) in [6.45, 7) is 14.6. The Balaban J connectivity index is 1.73. The molecule has 9 nitrogen and oxygen atoms in total. The number of hydrogen-bond acceptors (Lipinski definition) is 7. The van der Waals surface area contributed by atoms with Crippen molar-refractivity contribution in [1.82, 2.24) is 15.1 Å². The summed E-state index contributed by atoms with van der Waals surface area (Å²) < 4.78 is 11.3. The molecule has 1 aromatic carbocycles. The molecule has 1 atom stereocenters. The van der Waals surface area contributed by atoms with Crippen LogP contribution in [0, 0.1) is 41.4 Å². The van der Waals surface area contributed by atoms with Crippen LogP contribution in [0.15, 0.2) is 29.7 Å². The summed E-state index contributed by atoms with van der Waals surface area (Å²) in [6, 6.07) is 8.04. The molecular formula is C31H39N5O4. The van der Waals surface area contributed by atoms with E-state index in [1.165, 1.54) is 0 Å². The van der Waals surface area contributed by atoms with Crippen LogP contribution in [0.25, 0.3) is 0 Å². The van der Waals surface area contributed by atoms with E-state index in [0.717, 1.165) is 22.4 Å². The average molecular weight is 546 g/mol. The van der Waals surface area contributed by atoms with Crippen molar-refractivity contribution in [3.63, 3.8) is 0 Å². The van der Waals surface area contributed by atoms with E-state index in [1.54, 1.807) is 4.90 Å². The SMILES string of the molecule is Cc1[nH]nc2c1C(c1cc(C#CC3(C)CCN(C(=O)OC(C)(C)C)CC3)cc(CO)c1)(C(C)C)C(C#N)=C(N)O2. The summed E-state index contributed by atoms with van der Waals surface area (Å²) in [4.78, 5) is 14.2. The first-order chi connectivity index (χ1) is 18.7. The second-order valence-corrected chi connectivity index (χ2v) is 12.3. The van der Waals surface area contributed by atoms with Crippen LogP contribution >= 0.6 is 0 Å². The van der Waals surface area contributed by atoms with Crippen LogP contribution in [0.1, 0.15) is 82.3 Å². The Bertz CT molecular complexity index is 1440. The highest BCUT2D eigenvalue weighted by Gasteiger charge is 2.50. The number of aliphatic hydroxyl groups is 1. The topological polar surface area (TPSA) is 137 Å². The zero-order chi connectivity index (χ0) is 29.5. The van der Waals surface area contributed by atoms with Gasteiger partial charge in [-0.2, -0.15) is 5.26 Å². The van der Waals surface area contributed by atoms with Gasteiger partial charge in [-0.05, 0) is 76.6 Å². The van der Waals surface area contributed by atoms with E-state index in [9.17, 15) is 15.2 Å². The van der Waals surface area contributed by atoms with Gasteiger partial charge in [0.2, 0.25) is 11.8 Å². The maximum atomic E-state index is 12.5. The number of aromatic amines is 1. The number of hydrogen-bond donors (Lipinski definition) is 3. The van der Waals surface area contributed by atoms with Gasteiger partial charge in [0.25, 0.3) is 0 Å². The number of amides is 1. The number of allylic oxidation sites excluding steroid dienone is 1. The molecule has 2 aliphatic rings. The molecule has 2 aliphatic heterocycles. The minimum atomic E-state index is -0.951.